The summed E-state index contributed by atoms with van der Waals surface area (Å²) in [7, 11) is 3.48. The van der Waals surface area contributed by atoms with Crippen molar-refractivity contribution in [2.24, 2.45) is 17.8 Å². The third kappa shape index (κ3) is 6.03. The minimum Gasteiger partial charge on any atom is -0.392 e. The lowest BCUT2D eigenvalue weighted by molar-refractivity contribution is -0.133. The first-order valence-corrected chi connectivity index (χ1v) is 10.8. The van der Waals surface area contributed by atoms with E-state index in [4.69, 9.17) is 4.74 Å². The van der Waals surface area contributed by atoms with E-state index in [9.17, 15) is 9.90 Å². The van der Waals surface area contributed by atoms with E-state index in [-0.39, 0.29) is 24.5 Å². The van der Waals surface area contributed by atoms with E-state index in [1.54, 1.807) is 19.0 Å². The van der Waals surface area contributed by atoms with Crippen LogP contribution in [0.3, 0.4) is 0 Å². The number of carbonyl (C=O) groups excluding carboxylic acids is 1. The lowest BCUT2D eigenvalue weighted by atomic mass is 9.89. The molecule has 29 heavy (non-hydrogen) atoms. The van der Waals surface area contributed by atoms with Crippen molar-refractivity contribution >= 4 is 5.91 Å². The Labute approximate surface area is 175 Å². The van der Waals surface area contributed by atoms with Gasteiger partial charge in [0.15, 0.2) is 0 Å². The average molecular weight is 398 g/mol. The molecule has 4 atom stereocenters. The van der Waals surface area contributed by atoms with Gasteiger partial charge in [-0.1, -0.05) is 53.6 Å². The Morgan fingerprint density at radius 1 is 1.31 bits per heavy atom. The number of fused-ring (bicyclic) bond motifs is 1. The zero-order chi connectivity index (χ0) is 20.8. The van der Waals surface area contributed by atoms with Gasteiger partial charge in [-0.25, -0.2) is 0 Å². The van der Waals surface area contributed by atoms with E-state index in [2.05, 4.69) is 49.4 Å². The van der Waals surface area contributed by atoms with Crippen LogP contribution in [-0.2, 0) is 16.0 Å². The number of nitrogens with zero attached hydrogens (tertiary/aromatic N) is 1. The molecule has 1 amide bonds. The smallest absolute Gasteiger partial charge is 0.248 e. The highest BCUT2D eigenvalue weighted by Crippen LogP contribution is 2.47. The van der Waals surface area contributed by atoms with Gasteiger partial charge >= 0.3 is 0 Å². The summed E-state index contributed by atoms with van der Waals surface area (Å²) in [4.78, 5) is 13.1. The third-order valence-corrected chi connectivity index (χ3v) is 6.28. The quantitative estimate of drug-likeness (QED) is 0.507. The number of carbonyl (C=O) groups is 1. The van der Waals surface area contributed by atoms with Crippen molar-refractivity contribution in [3.63, 3.8) is 0 Å². The first kappa shape index (κ1) is 21.8. The molecule has 0 aromatic heterocycles. The number of rotatable bonds is 9. The van der Waals surface area contributed by atoms with Crippen molar-refractivity contribution in [1.29, 1.82) is 0 Å². The molecule has 0 heterocycles. The third-order valence-electron chi connectivity index (χ3n) is 6.28. The van der Waals surface area contributed by atoms with Crippen LogP contribution in [0.2, 0.25) is 0 Å². The van der Waals surface area contributed by atoms with Crippen LogP contribution in [0.1, 0.15) is 36.8 Å². The molecule has 3 rings (SSSR count). The molecule has 0 radical (unpaired) electrons. The van der Waals surface area contributed by atoms with E-state index in [0.29, 0.717) is 18.4 Å². The molecule has 0 spiro atoms. The van der Waals surface area contributed by atoms with Crippen LogP contribution in [0.4, 0.5) is 0 Å². The van der Waals surface area contributed by atoms with Gasteiger partial charge < -0.3 is 14.7 Å². The largest absolute Gasteiger partial charge is 0.392 e. The number of aliphatic hydroxyl groups excluding tert-OH is 1. The lowest BCUT2D eigenvalue weighted by Crippen LogP contribution is -2.26. The summed E-state index contributed by atoms with van der Waals surface area (Å²) in [6.45, 7) is 2.87. The number of aliphatic hydroxyl groups is 1. The number of ether oxygens (including phenoxy) is 1. The van der Waals surface area contributed by atoms with Crippen molar-refractivity contribution in [2.75, 3.05) is 27.3 Å². The summed E-state index contributed by atoms with van der Waals surface area (Å²) in [6, 6.07) is 8.67. The van der Waals surface area contributed by atoms with E-state index >= 15 is 0 Å². The topological polar surface area (TPSA) is 49.8 Å². The van der Waals surface area contributed by atoms with Gasteiger partial charge in [0, 0.05) is 20.0 Å². The molecule has 4 nitrogen and oxygen atoms in total. The standard InChI is InChI=1S/C25H35NO3/c1-18-7-6-9-19(13-18)8-4-5-10-22-23-15-20(14-21(23)16-24(22)27)11-12-29-17-25(28)26(2)3/h5-7,9-10,13-14,21-24,27H,4,8,11-12,15-17H2,1-3H3/t21-,22+,23-,24+/m0/s1. The molecule has 4 heteroatoms. The Balaban J connectivity index is 1.43. The second-order valence-corrected chi connectivity index (χ2v) is 8.78. The molecular formula is C25H35NO3. The molecule has 1 fully saturated rings. The maximum atomic E-state index is 11.6. The summed E-state index contributed by atoms with van der Waals surface area (Å²) >= 11 is 0. The van der Waals surface area contributed by atoms with Gasteiger partial charge in [0.2, 0.25) is 5.91 Å². The first-order chi connectivity index (χ1) is 13.9. The second-order valence-electron chi connectivity index (χ2n) is 8.78. The molecule has 0 aliphatic heterocycles. The summed E-state index contributed by atoms with van der Waals surface area (Å²) in [5, 5.41) is 10.5. The van der Waals surface area contributed by atoms with Gasteiger partial charge in [-0.3, -0.25) is 4.79 Å². The lowest BCUT2D eigenvalue weighted by Gasteiger charge is -2.18. The first-order valence-electron chi connectivity index (χ1n) is 10.8. The van der Waals surface area contributed by atoms with Gasteiger partial charge in [-0.05, 0) is 56.4 Å². The van der Waals surface area contributed by atoms with Crippen molar-refractivity contribution in [3.8, 4) is 0 Å². The van der Waals surface area contributed by atoms with Gasteiger partial charge in [-0.15, -0.1) is 0 Å². The van der Waals surface area contributed by atoms with Gasteiger partial charge in [0.25, 0.3) is 0 Å². The summed E-state index contributed by atoms with van der Waals surface area (Å²) in [5.74, 6) is 1.25. The zero-order valence-electron chi connectivity index (χ0n) is 18.0. The molecule has 0 unspecified atom stereocenters. The highest BCUT2D eigenvalue weighted by Gasteiger charge is 2.43. The Morgan fingerprint density at radius 3 is 2.90 bits per heavy atom. The fraction of sp³-hybridized carbons (Fsp3) is 0.560. The van der Waals surface area contributed by atoms with Gasteiger partial charge in [0.05, 0.1) is 12.7 Å². The SMILES string of the molecule is Cc1cccc(CCC=C[C@@H]2[C@H]3CC(CCOCC(=O)N(C)C)=C[C@H]3C[C@H]2O)c1. The molecule has 1 aromatic rings. The number of hydrogen-bond acceptors (Lipinski definition) is 3. The highest BCUT2D eigenvalue weighted by molar-refractivity contribution is 5.76. The molecule has 1 aromatic carbocycles. The number of benzene rings is 1. The fourth-order valence-electron chi connectivity index (χ4n) is 4.65. The molecule has 0 bridgehead atoms. The van der Waals surface area contributed by atoms with Crippen LogP contribution in [0.15, 0.2) is 48.1 Å². The molecular weight excluding hydrogens is 362 g/mol. The molecule has 1 saturated carbocycles. The average Bonchev–Trinajstić information content (AvgIpc) is 3.19. The minimum atomic E-state index is -0.230. The zero-order valence-corrected chi connectivity index (χ0v) is 18.0. The van der Waals surface area contributed by atoms with Crippen LogP contribution in [0.5, 0.6) is 0 Å². The summed E-state index contributed by atoms with van der Waals surface area (Å²) in [5.41, 5.74) is 4.10. The van der Waals surface area contributed by atoms with Crippen LogP contribution < -0.4 is 0 Å². The van der Waals surface area contributed by atoms with Crippen molar-refractivity contribution in [3.05, 3.63) is 59.2 Å². The van der Waals surface area contributed by atoms with Crippen LogP contribution in [0, 0.1) is 24.7 Å². The molecule has 2 aliphatic carbocycles. The number of amides is 1. The van der Waals surface area contributed by atoms with Crippen molar-refractivity contribution in [1.82, 2.24) is 4.90 Å². The van der Waals surface area contributed by atoms with Crippen LogP contribution >= 0.6 is 0 Å². The maximum absolute atomic E-state index is 11.6. The monoisotopic (exact) mass is 397 g/mol. The van der Waals surface area contributed by atoms with E-state index in [1.165, 1.54) is 16.7 Å². The van der Waals surface area contributed by atoms with Crippen molar-refractivity contribution in [2.45, 2.75) is 45.1 Å². The number of aryl methyl sites for hydroxylation is 2. The van der Waals surface area contributed by atoms with Crippen molar-refractivity contribution < 1.29 is 14.6 Å². The van der Waals surface area contributed by atoms with Gasteiger partial charge in [-0.2, -0.15) is 0 Å². The van der Waals surface area contributed by atoms with E-state index in [0.717, 1.165) is 32.1 Å². The summed E-state index contributed by atoms with van der Waals surface area (Å²) < 4.78 is 5.52. The Bertz CT molecular complexity index is 752. The maximum Gasteiger partial charge on any atom is 0.248 e. The Hall–Kier alpha value is -1.91. The normalized spacial score (nSPS) is 26.0. The molecule has 1 N–H and O–H groups in total. The van der Waals surface area contributed by atoms with E-state index < -0.39 is 0 Å². The highest BCUT2D eigenvalue weighted by atomic mass is 16.5. The second kappa shape index (κ2) is 10.2. The van der Waals surface area contributed by atoms with E-state index in [1.807, 2.05) is 0 Å². The number of likely N-dealkylation sites (N-methyl/N-ethyl adjacent to an activating group) is 1. The fourth-order valence-corrected chi connectivity index (χ4v) is 4.65. The predicted molar refractivity (Wildman–Crippen MR) is 117 cm³/mol. The Morgan fingerprint density at radius 2 is 2.14 bits per heavy atom. The summed E-state index contributed by atoms with van der Waals surface area (Å²) in [6.07, 6.45) is 11.5. The molecule has 2 aliphatic rings. The van der Waals surface area contributed by atoms with Crippen LogP contribution in [0.25, 0.3) is 0 Å². The molecule has 158 valence electrons. The van der Waals surface area contributed by atoms with Crippen LogP contribution in [-0.4, -0.2) is 49.3 Å². The number of hydrogen-bond donors (Lipinski definition) is 1. The number of allylic oxidation sites excluding steroid dienone is 2. The minimum absolute atomic E-state index is 0.00116. The predicted octanol–water partition coefficient (Wildman–Crippen LogP) is 3.92. The molecule has 0 saturated heterocycles. The Kier molecular flexibility index (Phi) is 7.68. The van der Waals surface area contributed by atoms with Gasteiger partial charge in [0.1, 0.15) is 6.61 Å².